The van der Waals surface area contributed by atoms with Crippen molar-refractivity contribution in [2.75, 3.05) is 10.6 Å². The number of anilines is 2. The van der Waals surface area contributed by atoms with Crippen LogP contribution in [0.2, 0.25) is 10.0 Å². The van der Waals surface area contributed by atoms with E-state index in [-0.39, 0.29) is 35.2 Å². The van der Waals surface area contributed by atoms with Crippen molar-refractivity contribution in [3.05, 3.63) is 126 Å². The number of H-pyrrole nitrogens is 1. The molecule has 4 aromatic rings. The molecule has 0 saturated carbocycles. The molecule has 3 aromatic carbocycles. The van der Waals surface area contributed by atoms with Gasteiger partial charge in [-0.1, -0.05) is 83.9 Å². The highest BCUT2D eigenvalue weighted by molar-refractivity contribution is 6.42. The number of carbonyl (C=O) groups excluding carboxylic acids is 1. The molecule has 0 bridgehead atoms. The molecule has 4 rings (SSSR count). The zero-order chi connectivity index (χ0) is 24.2. The van der Waals surface area contributed by atoms with E-state index in [9.17, 15) is 14.4 Å². The SMILES string of the molecule is Nc1c(N(Cc2ccccc2)C(=O)c2ccc(Cl)c(Cl)c2)c(=O)[nH]c(=O)n1Cc1ccccc1. The highest BCUT2D eigenvalue weighted by atomic mass is 35.5. The summed E-state index contributed by atoms with van der Waals surface area (Å²) in [6, 6.07) is 22.7. The van der Waals surface area contributed by atoms with Gasteiger partial charge in [-0.25, -0.2) is 4.79 Å². The number of hydrogen-bond donors (Lipinski definition) is 2. The number of nitrogens with zero attached hydrogens (tertiary/aromatic N) is 2. The van der Waals surface area contributed by atoms with E-state index in [1.54, 1.807) is 0 Å². The van der Waals surface area contributed by atoms with Gasteiger partial charge in [-0.05, 0) is 29.3 Å². The number of amides is 1. The lowest BCUT2D eigenvalue weighted by atomic mass is 10.1. The molecule has 0 aliphatic carbocycles. The average molecular weight is 495 g/mol. The Labute approximate surface area is 205 Å². The summed E-state index contributed by atoms with van der Waals surface area (Å²) >= 11 is 12.1. The Morgan fingerprint density at radius 3 is 2.12 bits per heavy atom. The van der Waals surface area contributed by atoms with E-state index in [1.165, 1.54) is 27.7 Å². The molecule has 1 heterocycles. The van der Waals surface area contributed by atoms with Crippen LogP contribution in [0.1, 0.15) is 21.5 Å². The zero-order valence-electron chi connectivity index (χ0n) is 17.9. The van der Waals surface area contributed by atoms with Gasteiger partial charge in [0.05, 0.1) is 23.1 Å². The van der Waals surface area contributed by atoms with Crippen molar-refractivity contribution in [1.82, 2.24) is 9.55 Å². The Kier molecular flexibility index (Phi) is 6.86. The minimum atomic E-state index is -0.767. The maximum absolute atomic E-state index is 13.6. The first-order valence-electron chi connectivity index (χ1n) is 10.3. The van der Waals surface area contributed by atoms with Crippen molar-refractivity contribution in [3.8, 4) is 0 Å². The summed E-state index contributed by atoms with van der Waals surface area (Å²) in [6.07, 6.45) is 0. The predicted octanol–water partition coefficient (Wildman–Crippen LogP) is 4.32. The van der Waals surface area contributed by atoms with E-state index in [1.807, 2.05) is 60.7 Å². The summed E-state index contributed by atoms with van der Waals surface area (Å²) in [7, 11) is 0. The molecular formula is C25H20Cl2N4O3. The fourth-order valence-electron chi connectivity index (χ4n) is 3.56. The topological polar surface area (TPSA) is 101 Å². The zero-order valence-corrected chi connectivity index (χ0v) is 19.4. The minimum Gasteiger partial charge on any atom is -0.383 e. The first-order valence-corrected chi connectivity index (χ1v) is 11.1. The lowest BCUT2D eigenvalue weighted by Crippen LogP contribution is -2.41. The highest BCUT2D eigenvalue weighted by Gasteiger charge is 2.26. The molecule has 1 amide bonds. The van der Waals surface area contributed by atoms with Crippen LogP contribution in [0.5, 0.6) is 0 Å². The fraction of sp³-hybridized carbons (Fsp3) is 0.0800. The monoisotopic (exact) mass is 494 g/mol. The molecule has 172 valence electrons. The van der Waals surface area contributed by atoms with Crippen molar-refractivity contribution >= 4 is 40.6 Å². The van der Waals surface area contributed by atoms with Crippen LogP contribution in [0.25, 0.3) is 0 Å². The summed E-state index contributed by atoms with van der Waals surface area (Å²) in [6.45, 7) is 0.159. The number of hydrogen-bond acceptors (Lipinski definition) is 4. The molecule has 0 radical (unpaired) electrons. The van der Waals surface area contributed by atoms with E-state index < -0.39 is 17.2 Å². The molecule has 0 spiro atoms. The predicted molar refractivity (Wildman–Crippen MR) is 135 cm³/mol. The average Bonchev–Trinajstić information content (AvgIpc) is 2.83. The van der Waals surface area contributed by atoms with Gasteiger partial charge in [-0.15, -0.1) is 0 Å². The molecule has 0 fully saturated rings. The van der Waals surface area contributed by atoms with Gasteiger partial charge in [0.2, 0.25) is 0 Å². The van der Waals surface area contributed by atoms with Crippen molar-refractivity contribution in [2.45, 2.75) is 13.1 Å². The van der Waals surface area contributed by atoms with Gasteiger partial charge in [0.15, 0.2) is 5.69 Å². The minimum absolute atomic E-state index is 0.0384. The number of rotatable bonds is 6. The van der Waals surface area contributed by atoms with Crippen LogP contribution in [0.3, 0.4) is 0 Å². The maximum Gasteiger partial charge on any atom is 0.330 e. The Balaban J connectivity index is 1.86. The summed E-state index contributed by atoms with van der Waals surface area (Å²) in [5, 5.41) is 0.490. The summed E-state index contributed by atoms with van der Waals surface area (Å²) in [5.41, 5.74) is 6.57. The lowest BCUT2D eigenvalue weighted by Gasteiger charge is -2.25. The fourth-order valence-corrected chi connectivity index (χ4v) is 3.86. The normalized spacial score (nSPS) is 10.8. The molecule has 0 unspecified atom stereocenters. The quantitative estimate of drug-likeness (QED) is 0.416. The number of carbonyl (C=O) groups is 1. The summed E-state index contributed by atoms with van der Waals surface area (Å²) in [4.78, 5) is 42.7. The van der Waals surface area contributed by atoms with Gasteiger partial charge in [0.1, 0.15) is 5.82 Å². The summed E-state index contributed by atoms with van der Waals surface area (Å²) in [5.74, 6) is -0.647. The van der Waals surface area contributed by atoms with Crippen LogP contribution in [0, 0.1) is 0 Å². The number of aromatic nitrogens is 2. The molecule has 3 N–H and O–H groups in total. The molecule has 0 saturated heterocycles. The number of halogens is 2. The number of nitrogens with two attached hydrogens (primary N) is 1. The Morgan fingerprint density at radius 2 is 1.50 bits per heavy atom. The lowest BCUT2D eigenvalue weighted by molar-refractivity contribution is 0.0984. The van der Waals surface area contributed by atoms with Crippen LogP contribution in [-0.2, 0) is 13.1 Å². The third-order valence-corrected chi connectivity index (χ3v) is 6.00. The molecule has 34 heavy (non-hydrogen) atoms. The van der Waals surface area contributed by atoms with E-state index >= 15 is 0 Å². The van der Waals surface area contributed by atoms with Gasteiger partial charge in [-0.2, -0.15) is 0 Å². The van der Waals surface area contributed by atoms with Crippen LogP contribution in [-0.4, -0.2) is 15.5 Å². The molecule has 0 aliphatic rings. The largest absolute Gasteiger partial charge is 0.383 e. The third-order valence-electron chi connectivity index (χ3n) is 5.26. The Morgan fingerprint density at radius 1 is 0.882 bits per heavy atom. The van der Waals surface area contributed by atoms with E-state index in [4.69, 9.17) is 28.9 Å². The number of nitrogen functional groups attached to an aromatic ring is 1. The number of benzene rings is 3. The Bertz CT molecular complexity index is 1450. The second-order valence-corrected chi connectivity index (χ2v) is 8.39. The molecule has 9 heteroatoms. The highest BCUT2D eigenvalue weighted by Crippen LogP contribution is 2.26. The van der Waals surface area contributed by atoms with E-state index in [0.29, 0.717) is 5.02 Å². The van der Waals surface area contributed by atoms with Crippen molar-refractivity contribution < 1.29 is 4.79 Å². The smallest absolute Gasteiger partial charge is 0.330 e. The maximum atomic E-state index is 13.6. The van der Waals surface area contributed by atoms with Gasteiger partial charge in [0, 0.05) is 5.56 Å². The Hall–Kier alpha value is -3.81. The van der Waals surface area contributed by atoms with Gasteiger partial charge < -0.3 is 5.73 Å². The summed E-state index contributed by atoms with van der Waals surface area (Å²) < 4.78 is 1.23. The van der Waals surface area contributed by atoms with Crippen molar-refractivity contribution in [2.24, 2.45) is 0 Å². The molecule has 0 aliphatic heterocycles. The standard InChI is InChI=1S/C25H20Cl2N4O3/c26-19-12-11-18(13-20(19)27)24(33)30(14-16-7-3-1-4-8-16)21-22(28)31(25(34)29-23(21)32)15-17-9-5-2-6-10-17/h1-13H,14-15,28H2,(H,29,32,34). The molecule has 1 aromatic heterocycles. The van der Waals surface area contributed by atoms with Gasteiger partial charge in [-0.3, -0.25) is 24.0 Å². The number of aromatic amines is 1. The second-order valence-electron chi connectivity index (χ2n) is 7.57. The molecule has 7 nitrogen and oxygen atoms in total. The third kappa shape index (κ3) is 4.90. The van der Waals surface area contributed by atoms with Crippen molar-refractivity contribution in [3.63, 3.8) is 0 Å². The van der Waals surface area contributed by atoms with Crippen LogP contribution < -0.4 is 21.9 Å². The van der Waals surface area contributed by atoms with Crippen LogP contribution in [0.4, 0.5) is 11.5 Å². The number of nitrogens with one attached hydrogen (secondary N) is 1. The van der Waals surface area contributed by atoms with Gasteiger partial charge in [0.25, 0.3) is 11.5 Å². The van der Waals surface area contributed by atoms with Crippen LogP contribution in [0.15, 0.2) is 88.5 Å². The first-order chi connectivity index (χ1) is 16.3. The molecular weight excluding hydrogens is 475 g/mol. The molecule has 0 atom stereocenters. The van der Waals surface area contributed by atoms with E-state index in [2.05, 4.69) is 4.98 Å². The van der Waals surface area contributed by atoms with Crippen LogP contribution >= 0.6 is 23.2 Å². The van der Waals surface area contributed by atoms with Gasteiger partial charge >= 0.3 is 5.69 Å². The second kappa shape index (κ2) is 9.99. The van der Waals surface area contributed by atoms with Crippen molar-refractivity contribution in [1.29, 1.82) is 0 Å². The first kappa shape index (κ1) is 23.4. The van der Waals surface area contributed by atoms with E-state index in [0.717, 1.165) is 11.1 Å².